The Hall–Kier alpha value is -2.56. The van der Waals surface area contributed by atoms with E-state index >= 15 is 0 Å². The SMILES string of the molecule is C=C(/C=C\C=C/C)/N=N/C=N/N=c1\ccccn1C. The zero-order valence-electron chi connectivity index (χ0n) is 11.1. The van der Waals surface area contributed by atoms with E-state index in [1.165, 1.54) is 6.34 Å². The second-order valence-electron chi connectivity index (χ2n) is 3.59. The van der Waals surface area contributed by atoms with Crippen molar-refractivity contribution in [2.24, 2.45) is 27.5 Å². The molecule has 1 heterocycles. The number of azo groups is 1. The molecule has 0 saturated carbocycles. The summed E-state index contributed by atoms with van der Waals surface area (Å²) in [6, 6.07) is 5.67. The number of hydrogen-bond acceptors (Lipinski definition) is 3. The van der Waals surface area contributed by atoms with Gasteiger partial charge in [0, 0.05) is 13.2 Å². The van der Waals surface area contributed by atoms with Crippen molar-refractivity contribution in [1.82, 2.24) is 4.57 Å². The number of allylic oxidation sites excluding steroid dienone is 4. The molecule has 0 aliphatic heterocycles. The van der Waals surface area contributed by atoms with Gasteiger partial charge in [0.05, 0.1) is 5.70 Å². The molecule has 1 aromatic heterocycles. The summed E-state index contributed by atoms with van der Waals surface area (Å²) >= 11 is 0. The lowest BCUT2D eigenvalue weighted by molar-refractivity contribution is 0.816. The third-order valence-electron chi connectivity index (χ3n) is 2.07. The number of pyridine rings is 1. The maximum atomic E-state index is 4.00. The molecule has 0 bridgehead atoms. The molecule has 5 heteroatoms. The fraction of sp³-hybridized carbons (Fsp3) is 0.143. The molecule has 0 spiro atoms. The Kier molecular flexibility index (Phi) is 6.50. The van der Waals surface area contributed by atoms with Gasteiger partial charge in [0.15, 0.2) is 11.8 Å². The Balaban J connectivity index is 2.58. The first-order valence-electron chi connectivity index (χ1n) is 5.80. The first kappa shape index (κ1) is 14.5. The van der Waals surface area contributed by atoms with E-state index < -0.39 is 0 Å². The summed E-state index contributed by atoms with van der Waals surface area (Å²) < 4.78 is 1.85. The standard InChI is InChI=1S/C14H17N5/c1-4-5-6-9-13(2)17-15-12-16-18-14-10-7-8-11-19(14)3/h4-12H,2H2,1,3H3/b5-4-,9-6-,16-12+,17-15+,18-14+. The predicted molar refractivity (Wildman–Crippen MR) is 77.4 cm³/mol. The maximum Gasteiger partial charge on any atom is 0.160 e. The minimum atomic E-state index is 0.551. The van der Waals surface area contributed by atoms with Crippen LogP contribution in [0.3, 0.4) is 0 Å². The van der Waals surface area contributed by atoms with Gasteiger partial charge in [-0.2, -0.15) is 5.11 Å². The van der Waals surface area contributed by atoms with Gasteiger partial charge >= 0.3 is 0 Å². The van der Waals surface area contributed by atoms with Gasteiger partial charge in [-0.05, 0) is 25.1 Å². The van der Waals surface area contributed by atoms with Gasteiger partial charge in [-0.25, -0.2) is 0 Å². The molecule has 98 valence electrons. The molecule has 0 aromatic carbocycles. The Morgan fingerprint density at radius 3 is 2.89 bits per heavy atom. The van der Waals surface area contributed by atoms with Gasteiger partial charge in [0.2, 0.25) is 0 Å². The molecule has 0 saturated heterocycles. The molecule has 1 aromatic rings. The van der Waals surface area contributed by atoms with E-state index in [9.17, 15) is 0 Å². The highest BCUT2D eigenvalue weighted by Crippen LogP contribution is 1.95. The van der Waals surface area contributed by atoms with Crippen molar-refractivity contribution in [2.45, 2.75) is 6.92 Å². The minimum Gasteiger partial charge on any atom is -0.335 e. The van der Waals surface area contributed by atoms with Crippen LogP contribution in [-0.4, -0.2) is 10.9 Å². The van der Waals surface area contributed by atoms with Crippen molar-refractivity contribution in [1.29, 1.82) is 0 Å². The second-order valence-corrected chi connectivity index (χ2v) is 3.59. The summed E-state index contributed by atoms with van der Waals surface area (Å²) in [5, 5.41) is 15.4. The van der Waals surface area contributed by atoms with Gasteiger partial charge in [0.25, 0.3) is 0 Å². The van der Waals surface area contributed by atoms with E-state index in [1.54, 1.807) is 6.08 Å². The highest BCUT2D eigenvalue weighted by Gasteiger charge is 1.82. The zero-order valence-corrected chi connectivity index (χ0v) is 11.1. The van der Waals surface area contributed by atoms with Crippen molar-refractivity contribution < 1.29 is 0 Å². The van der Waals surface area contributed by atoms with Gasteiger partial charge in [-0.15, -0.1) is 15.3 Å². The first-order chi connectivity index (χ1) is 9.24. The summed E-state index contributed by atoms with van der Waals surface area (Å²) in [7, 11) is 1.89. The third kappa shape index (κ3) is 6.07. The molecule has 19 heavy (non-hydrogen) atoms. The first-order valence-corrected chi connectivity index (χ1v) is 5.80. The predicted octanol–water partition coefficient (Wildman–Crippen LogP) is 2.97. The molecule has 0 aliphatic carbocycles. The van der Waals surface area contributed by atoms with Crippen LogP contribution in [0, 0.1) is 0 Å². The third-order valence-corrected chi connectivity index (χ3v) is 2.07. The van der Waals surface area contributed by atoms with Crippen LogP contribution in [0.2, 0.25) is 0 Å². The van der Waals surface area contributed by atoms with Crippen LogP contribution in [0.25, 0.3) is 0 Å². The molecule has 0 N–H and O–H groups in total. The molecule has 0 amide bonds. The van der Waals surface area contributed by atoms with E-state index in [1.807, 2.05) is 61.2 Å². The summed E-state index contributed by atoms with van der Waals surface area (Å²) in [6.45, 7) is 5.66. The van der Waals surface area contributed by atoms with E-state index in [-0.39, 0.29) is 0 Å². The number of rotatable bonds is 5. The Bertz CT molecular complexity index is 588. The van der Waals surface area contributed by atoms with Crippen molar-refractivity contribution in [2.75, 3.05) is 0 Å². The fourth-order valence-corrected chi connectivity index (χ4v) is 1.14. The smallest absolute Gasteiger partial charge is 0.160 e. The van der Waals surface area contributed by atoms with Crippen LogP contribution < -0.4 is 5.49 Å². The number of nitrogens with zero attached hydrogens (tertiary/aromatic N) is 5. The lowest BCUT2D eigenvalue weighted by Crippen LogP contribution is -2.14. The van der Waals surface area contributed by atoms with Gasteiger partial charge in [-0.3, -0.25) is 0 Å². The molecular formula is C14H17N5. The van der Waals surface area contributed by atoms with E-state index in [2.05, 4.69) is 27.0 Å². The summed E-state index contributed by atoms with van der Waals surface area (Å²) in [5.41, 5.74) is 1.29. The monoisotopic (exact) mass is 255 g/mol. The van der Waals surface area contributed by atoms with Gasteiger partial charge in [-0.1, -0.05) is 30.9 Å². The van der Waals surface area contributed by atoms with Crippen LogP contribution in [0.15, 0.2) is 81.4 Å². The summed E-state index contributed by atoms with van der Waals surface area (Å²) in [4.78, 5) is 0. The van der Waals surface area contributed by atoms with Crippen LogP contribution in [-0.2, 0) is 7.05 Å². The Labute approximate surface area is 112 Å². The normalized spacial score (nSPS) is 13.5. The number of hydrogen-bond donors (Lipinski definition) is 0. The Morgan fingerprint density at radius 2 is 2.16 bits per heavy atom. The van der Waals surface area contributed by atoms with E-state index in [0.717, 1.165) is 5.49 Å². The van der Waals surface area contributed by atoms with E-state index in [4.69, 9.17) is 0 Å². The quantitative estimate of drug-likeness (QED) is 0.255. The van der Waals surface area contributed by atoms with Gasteiger partial charge < -0.3 is 4.57 Å². The second kappa shape index (κ2) is 8.52. The number of aromatic nitrogens is 1. The van der Waals surface area contributed by atoms with Crippen LogP contribution in [0.4, 0.5) is 0 Å². The van der Waals surface area contributed by atoms with Crippen LogP contribution in [0.5, 0.6) is 0 Å². The number of aryl methyl sites for hydroxylation is 1. The molecule has 0 atom stereocenters. The topological polar surface area (TPSA) is 54.4 Å². The molecule has 1 rings (SSSR count). The highest BCUT2D eigenvalue weighted by molar-refractivity contribution is 5.54. The fourth-order valence-electron chi connectivity index (χ4n) is 1.14. The Morgan fingerprint density at radius 1 is 1.32 bits per heavy atom. The molecular weight excluding hydrogens is 238 g/mol. The molecule has 0 fully saturated rings. The van der Waals surface area contributed by atoms with Crippen molar-refractivity contribution in [3.8, 4) is 0 Å². The van der Waals surface area contributed by atoms with Crippen LogP contribution >= 0.6 is 0 Å². The van der Waals surface area contributed by atoms with Crippen molar-refractivity contribution in [3.05, 3.63) is 66.5 Å². The van der Waals surface area contributed by atoms with Crippen molar-refractivity contribution in [3.63, 3.8) is 0 Å². The highest BCUT2D eigenvalue weighted by atomic mass is 15.3. The van der Waals surface area contributed by atoms with Crippen molar-refractivity contribution >= 4 is 6.34 Å². The lowest BCUT2D eigenvalue weighted by Gasteiger charge is -1.94. The largest absolute Gasteiger partial charge is 0.335 e. The minimum absolute atomic E-state index is 0.551. The van der Waals surface area contributed by atoms with Gasteiger partial charge in [0.1, 0.15) is 0 Å². The lowest BCUT2D eigenvalue weighted by atomic mass is 10.4. The maximum absolute atomic E-state index is 4.00. The summed E-state index contributed by atoms with van der Waals surface area (Å²) in [5.74, 6) is 0. The average Bonchev–Trinajstić information content (AvgIpc) is 2.41. The molecule has 0 aliphatic rings. The van der Waals surface area contributed by atoms with E-state index in [0.29, 0.717) is 5.70 Å². The van der Waals surface area contributed by atoms with Crippen LogP contribution in [0.1, 0.15) is 6.92 Å². The molecule has 0 unspecified atom stereocenters. The summed E-state index contributed by atoms with van der Waals surface area (Å²) in [6.07, 6.45) is 10.6. The average molecular weight is 255 g/mol. The molecule has 0 radical (unpaired) electrons. The zero-order chi connectivity index (χ0) is 13.9. The molecule has 5 nitrogen and oxygen atoms in total.